The lowest BCUT2D eigenvalue weighted by atomic mass is 9.96. The zero-order valence-corrected chi connectivity index (χ0v) is 24.5. The molecule has 0 aliphatic carbocycles. The Hall–Kier alpha value is -4.57. The summed E-state index contributed by atoms with van der Waals surface area (Å²) < 4.78 is 38.5. The van der Waals surface area contributed by atoms with E-state index in [1.165, 1.54) is 0 Å². The molecule has 1 aliphatic rings. The van der Waals surface area contributed by atoms with Gasteiger partial charge in [0.05, 0.1) is 29.4 Å². The molecule has 1 aliphatic heterocycles. The summed E-state index contributed by atoms with van der Waals surface area (Å²) in [7, 11) is 0. The Morgan fingerprint density at radius 3 is 2.33 bits per heavy atom. The zero-order valence-electron chi connectivity index (χ0n) is 24.5. The minimum absolute atomic E-state index is 0.0107. The van der Waals surface area contributed by atoms with Crippen LogP contribution in [0.25, 0.3) is 16.9 Å². The summed E-state index contributed by atoms with van der Waals surface area (Å²) in [5.41, 5.74) is 10.3. The highest BCUT2D eigenvalue weighted by Gasteiger charge is 2.36. The Morgan fingerprint density at radius 1 is 1.00 bits per heavy atom. The van der Waals surface area contributed by atoms with Crippen molar-refractivity contribution in [3.63, 3.8) is 0 Å². The first-order valence-corrected chi connectivity index (χ1v) is 14.5. The third-order valence-corrected chi connectivity index (χ3v) is 7.80. The van der Waals surface area contributed by atoms with E-state index in [-0.39, 0.29) is 30.4 Å². The number of nitrogens with one attached hydrogen (secondary N) is 1. The van der Waals surface area contributed by atoms with Crippen molar-refractivity contribution in [2.45, 2.75) is 52.6 Å². The van der Waals surface area contributed by atoms with Gasteiger partial charge in [0.2, 0.25) is 0 Å². The maximum absolute atomic E-state index is 15.9. The van der Waals surface area contributed by atoms with Gasteiger partial charge in [-0.15, -0.1) is 0 Å². The molecule has 0 radical (unpaired) electrons. The maximum atomic E-state index is 15.9. The first-order chi connectivity index (χ1) is 20.8. The number of esters is 1. The number of fused-ring (bicyclic) bond motifs is 1. The number of nitrogens with two attached hydrogens (primary N) is 1. The molecule has 0 fully saturated rings. The summed E-state index contributed by atoms with van der Waals surface area (Å²) >= 11 is 0. The average Bonchev–Trinajstić information content (AvgIpc) is 3.37. The summed E-state index contributed by atoms with van der Waals surface area (Å²) in [6, 6.07) is 15.7. The summed E-state index contributed by atoms with van der Waals surface area (Å²) in [6.45, 7) is 6.83. The number of carbonyl (C=O) groups excluding carboxylic acids is 2. The van der Waals surface area contributed by atoms with Crippen molar-refractivity contribution in [2.24, 2.45) is 5.73 Å². The molecule has 0 spiro atoms. The van der Waals surface area contributed by atoms with Gasteiger partial charge in [-0.05, 0) is 42.5 Å². The normalized spacial score (nSPS) is 13.8. The minimum atomic E-state index is -1.00. The fraction of sp³-hybridized carbons (Fsp3) is 0.303. The number of primary amides is 1. The van der Waals surface area contributed by atoms with E-state index < -0.39 is 23.7 Å². The van der Waals surface area contributed by atoms with E-state index >= 15 is 8.78 Å². The number of nitrogens with zero attached hydrogens (tertiary/aromatic N) is 3. The smallest absolute Gasteiger partial charge is 0.328 e. The van der Waals surface area contributed by atoms with Gasteiger partial charge in [0.1, 0.15) is 17.7 Å². The molecule has 5 rings (SSSR count). The number of halogens is 2. The lowest BCUT2D eigenvalue weighted by Gasteiger charge is -2.33. The lowest BCUT2D eigenvalue weighted by Crippen LogP contribution is -2.39. The van der Waals surface area contributed by atoms with Crippen LogP contribution in [0.3, 0.4) is 0 Å². The molecule has 1 unspecified atom stereocenters. The topological polar surface area (TPSA) is 102 Å². The molecule has 2 heterocycles. The van der Waals surface area contributed by atoms with Gasteiger partial charge in [-0.3, -0.25) is 4.90 Å². The molecule has 4 aromatic rings. The Bertz CT molecular complexity index is 1630. The van der Waals surface area contributed by atoms with Crippen LogP contribution in [0.4, 0.5) is 19.3 Å². The third-order valence-electron chi connectivity index (χ3n) is 7.80. The van der Waals surface area contributed by atoms with E-state index in [1.54, 1.807) is 11.6 Å². The highest BCUT2D eigenvalue weighted by molar-refractivity contribution is 5.88. The van der Waals surface area contributed by atoms with Crippen LogP contribution >= 0.6 is 0 Å². The zero-order chi connectivity index (χ0) is 30.7. The fourth-order valence-electron chi connectivity index (χ4n) is 5.85. The number of anilines is 1. The second-order valence-electron chi connectivity index (χ2n) is 10.4. The molecular weight excluding hydrogens is 552 g/mol. The second kappa shape index (κ2) is 12.7. The molecule has 0 saturated carbocycles. The highest BCUT2D eigenvalue weighted by atomic mass is 19.1. The molecule has 0 saturated heterocycles. The molecule has 224 valence electrons. The van der Waals surface area contributed by atoms with Crippen molar-refractivity contribution >= 4 is 17.7 Å². The van der Waals surface area contributed by atoms with E-state index in [1.807, 2.05) is 67.3 Å². The van der Waals surface area contributed by atoms with E-state index in [4.69, 9.17) is 15.6 Å². The number of amides is 2. The molecule has 8 nitrogen and oxygen atoms in total. The highest BCUT2D eigenvalue weighted by Crippen LogP contribution is 2.39. The van der Waals surface area contributed by atoms with Gasteiger partial charge in [0.15, 0.2) is 0 Å². The van der Waals surface area contributed by atoms with Crippen LogP contribution in [0.15, 0.2) is 60.7 Å². The number of carbonyl (C=O) groups is 2. The molecule has 1 atom stereocenters. The Labute approximate surface area is 249 Å². The Morgan fingerprint density at radius 2 is 1.70 bits per heavy atom. The Kier molecular flexibility index (Phi) is 8.86. The van der Waals surface area contributed by atoms with Crippen molar-refractivity contribution < 1.29 is 23.1 Å². The number of ether oxygens (including phenoxy) is 1. The summed E-state index contributed by atoms with van der Waals surface area (Å²) in [4.78, 5) is 26.7. The van der Waals surface area contributed by atoms with Crippen molar-refractivity contribution in [3.8, 4) is 16.9 Å². The number of benzene rings is 3. The SMILES string of the molecule is CCOC(=O)C(c1ccccc1)N1CCc2nn(-c3c(CC)cccc3CC)c(-c3cc(F)c(NC(N)=O)cc3F)c2C1. The fourth-order valence-corrected chi connectivity index (χ4v) is 5.85. The van der Waals surface area contributed by atoms with Gasteiger partial charge in [0, 0.05) is 36.7 Å². The summed E-state index contributed by atoms with van der Waals surface area (Å²) in [5.74, 6) is -1.96. The number of aryl methyl sites for hydroxylation is 2. The minimum Gasteiger partial charge on any atom is -0.465 e. The van der Waals surface area contributed by atoms with Crippen LogP contribution in [-0.2, 0) is 35.3 Å². The standard InChI is InChI=1S/C33H35F2N5O3/c1-4-20-13-10-14-21(5-2)29(20)40-31(23-17-26(35)28(18-25(23)34)37-33(36)42)24-19-39(16-15-27(24)38-40)30(32(41)43-6-3)22-11-8-7-9-12-22/h7-14,17-18,30H,4-6,15-16,19H2,1-3H3,(H3,36,37,42). The van der Waals surface area contributed by atoms with Crippen LogP contribution in [0.1, 0.15) is 54.8 Å². The average molecular weight is 588 g/mol. The number of hydrogen-bond donors (Lipinski definition) is 2. The van der Waals surface area contributed by atoms with Gasteiger partial charge in [0.25, 0.3) is 0 Å². The third kappa shape index (κ3) is 5.87. The van der Waals surface area contributed by atoms with Gasteiger partial charge in [-0.2, -0.15) is 5.10 Å². The maximum Gasteiger partial charge on any atom is 0.328 e. The van der Waals surface area contributed by atoms with E-state index in [0.29, 0.717) is 37.1 Å². The first kappa shape index (κ1) is 29.9. The number of urea groups is 1. The van der Waals surface area contributed by atoms with Gasteiger partial charge in [-0.1, -0.05) is 62.4 Å². The molecule has 2 amide bonds. The molecule has 3 N–H and O–H groups in total. The first-order valence-electron chi connectivity index (χ1n) is 14.5. The van der Waals surface area contributed by atoms with E-state index in [9.17, 15) is 9.59 Å². The van der Waals surface area contributed by atoms with Crippen LogP contribution in [-0.4, -0.2) is 39.8 Å². The molecule has 10 heteroatoms. The number of para-hydroxylation sites is 1. The van der Waals surface area contributed by atoms with Crippen molar-refractivity contribution in [1.82, 2.24) is 14.7 Å². The van der Waals surface area contributed by atoms with Crippen molar-refractivity contribution in [1.29, 1.82) is 0 Å². The van der Waals surface area contributed by atoms with Crippen LogP contribution in [0.2, 0.25) is 0 Å². The quantitative estimate of drug-likeness (QED) is 0.231. The molecule has 0 bridgehead atoms. The number of hydrogen-bond acceptors (Lipinski definition) is 5. The molecule has 3 aromatic carbocycles. The lowest BCUT2D eigenvalue weighted by molar-refractivity contribution is -0.150. The molecular formula is C33H35F2N5O3. The van der Waals surface area contributed by atoms with Crippen LogP contribution in [0.5, 0.6) is 0 Å². The number of aromatic nitrogens is 2. The van der Waals surface area contributed by atoms with Gasteiger partial charge < -0.3 is 15.8 Å². The van der Waals surface area contributed by atoms with Crippen LogP contribution in [0, 0.1) is 11.6 Å². The largest absolute Gasteiger partial charge is 0.465 e. The second-order valence-corrected chi connectivity index (χ2v) is 10.4. The van der Waals surface area contributed by atoms with Crippen LogP contribution < -0.4 is 11.1 Å². The molecule has 1 aromatic heterocycles. The van der Waals surface area contributed by atoms with E-state index in [2.05, 4.69) is 5.32 Å². The Balaban J connectivity index is 1.72. The predicted molar refractivity (Wildman–Crippen MR) is 161 cm³/mol. The summed E-state index contributed by atoms with van der Waals surface area (Å²) in [5, 5.41) is 7.14. The number of rotatable bonds is 9. The van der Waals surface area contributed by atoms with Gasteiger partial charge >= 0.3 is 12.0 Å². The van der Waals surface area contributed by atoms with Gasteiger partial charge in [-0.25, -0.2) is 23.1 Å². The monoisotopic (exact) mass is 587 g/mol. The molecule has 43 heavy (non-hydrogen) atoms. The van der Waals surface area contributed by atoms with Crippen molar-refractivity contribution in [3.05, 3.63) is 100 Å². The van der Waals surface area contributed by atoms with Crippen molar-refractivity contribution in [2.75, 3.05) is 18.5 Å². The van der Waals surface area contributed by atoms with E-state index in [0.717, 1.165) is 40.2 Å². The summed E-state index contributed by atoms with van der Waals surface area (Å²) in [6.07, 6.45) is 1.90. The predicted octanol–water partition coefficient (Wildman–Crippen LogP) is 6.10.